The molecule has 1 aliphatic carbocycles. The van der Waals surface area contributed by atoms with Crippen molar-refractivity contribution in [1.29, 1.82) is 0 Å². The Morgan fingerprint density at radius 1 is 1.00 bits per heavy atom. The van der Waals surface area contributed by atoms with Gasteiger partial charge in [-0.2, -0.15) is 0 Å². The average Bonchev–Trinajstić information content (AvgIpc) is 2.80. The zero-order chi connectivity index (χ0) is 19.3. The van der Waals surface area contributed by atoms with E-state index in [1.807, 2.05) is 24.3 Å². The van der Waals surface area contributed by atoms with Crippen LogP contribution in [0.15, 0.2) is 52.6 Å². The third-order valence-corrected chi connectivity index (χ3v) is 5.39. The van der Waals surface area contributed by atoms with E-state index < -0.39 is 0 Å². The quantitative estimate of drug-likeness (QED) is 0.782. The second-order valence-electron chi connectivity index (χ2n) is 8.92. The van der Waals surface area contributed by atoms with Gasteiger partial charge in [-0.1, -0.05) is 58.0 Å². The summed E-state index contributed by atoms with van der Waals surface area (Å²) in [6.45, 7) is 12.7. The molecule has 3 heteroatoms. The number of aliphatic imine (C=N–C) groups is 1. The van der Waals surface area contributed by atoms with Crippen LogP contribution in [-0.2, 0) is 4.79 Å². The number of nitrogens with zero attached hydrogens (tertiary/aromatic N) is 1. The highest BCUT2D eigenvalue weighted by molar-refractivity contribution is 6.17. The number of nitrogen functional groups attached to an aromatic ring is 1. The molecule has 1 aliphatic heterocycles. The van der Waals surface area contributed by atoms with Crippen molar-refractivity contribution in [3.8, 4) is 0 Å². The number of anilines is 1. The Bertz CT molecular complexity index is 810. The van der Waals surface area contributed by atoms with Gasteiger partial charge in [0.2, 0.25) is 0 Å². The minimum Gasteiger partial charge on any atom is -0.398 e. The molecule has 138 valence electrons. The summed E-state index contributed by atoms with van der Waals surface area (Å²) in [6, 6.07) is 7.91. The van der Waals surface area contributed by atoms with Gasteiger partial charge in [0.15, 0.2) is 5.78 Å². The van der Waals surface area contributed by atoms with Crippen LogP contribution in [0.4, 0.5) is 5.69 Å². The van der Waals surface area contributed by atoms with Crippen LogP contribution in [0.25, 0.3) is 0 Å². The first-order chi connectivity index (χ1) is 12.1. The summed E-state index contributed by atoms with van der Waals surface area (Å²) < 4.78 is 0. The lowest BCUT2D eigenvalue weighted by Crippen LogP contribution is -2.34. The van der Waals surface area contributed by atoms with E-state index in [0.29, 0.717) is 0 Å². The number of hydrogen-bond acceptors (Lipinski definition) is 3. The van der Waals surface area contributed by atoms with Crippen molar-refractivity contribution in [2.45, 2.75) is 53.5 Å². The predicted molar refractivity (Wildman–Crippen MR) is 109 cm³/mol. The van der Waals surface area contributed by atoms with E-state index in [2.05, 4.69) is 53.7 Å². The van der Waals surface area contributed by atoms with Crippen LogP contribution in [0.2, 0.25) is 0 Å². The van der Waals surface area contributed by atoms with Crippen molar-refractivity contribution in [3.63, 3.8) is 0 Å². The van der Waals surface area contributed by atoms with Gasteiger partial charge in [-0.15, -0.1) is 0 Å². The van der Waals surface area contributed by atoms with Crippen LogP contribution < -0.4 is 5.73 Å². The Kier molecular flexibility index (Phi) is 4.46. The van der Waals surface area contributed by atoms with Gasteiger partial charge in [-0.05, 0) is 49.3 Å². The van der Waals surface area contributed by atoms with Gasteiger partial charge in [-0.25, -0.2) is 0 Å². The van der Waals surface area contributed by atoms with E-state index in [4.69, 9.17) is 10.7 Å². The number of ketones is 1. The summed E-state index contributed by atoms with van der Waals surface area (Å²) >= 11 is 0. The summed E-state index contributed by atoms with van der Waals surface area (Å²) in [5.41, 5.74) is 10.2. The Morgan fingerprint density at radius 3 is 2.04 bits per heavy atom. The number of Topliss-reactive ketones (excluding diaryl/α,β-unsaturated/α-hetero) is 1. The lowest BCUT2D eigenvalue weighted by molar-refractivity contribution is -0.113. The van der Waals surface area contributed by atoms with E-state index in [1.54, 1.807) is 0 Å². The molecule has 0 aromatic heterocycles. The number of nitrogens with two attached hydrogens (primary N) is 1. The Balaban J connectivity index is 2.27. The molecule has 1 heterocycles. The minimum absolute atomic E-state index is 0.180. The van der Waals surface area contributed by atoms with Gasteiger partial charge in [-0.3, -0.25) is 9.79 Å². The highest BCUT2D eigenvalue weighted by Gasteiger charge is 2.48. The molecule has 3 nitrogen and oxygen atoms in total. The summed E-state index contributed by atoms with van der Waals surface area (Å²) in [7, 11) is 0. The maximum absolute atomic E-state index is 13.0. The van der Waals surface area contributed by atoms with Crippen molar-refractivity contribution >= 4 is 17.2 Å². The molecule has 2 aliphatic rings. The number of carbonyl (C=O) groups excluding carboxylic acids is 1. The number of carbonyl (C=O) groups is 1. The maximum atomic E-state index is 13.0. The fourth-order valence-corrected chi connectivity index (χ4v) is 4.26. The van der Waals surface area contributed by atoms with E-state index in [-0.39, 0.29) is 28.6 Å². The van der Waals surface area contributed by atoms with E-state index in [0.717, 1.165) is 34.5 Å². The first kappa shape index (κ1) is 18.6. The lowest BCUT2D eigenvalue weighted by Gasteiger charge is -2.34. The molecule has 26 heavy (non-hydrogen) atoms. The smallest absolute Gasteiger partial charge is 0.184 e. The molecule has 0 atom stereocenters. The molecule has 3 rings (SSSR count). The number of rotatable bonds is 3. The highest BCUT2D eigenvalue weighted by atomic mass is 16.1. The number of para-hydroxylation sites is 1. The standard InChI is InChI=1S/C23H30N2O/c1-14(2)17-11-23(12-18(15(3)4)20(17)26)13-22(5,6)25-21(23)16-9-7-8-10-19(16)24/h7-12,14-15H,13,24H2,1-6H3. The molecule has 1 aromatic rings. The van der Waals surface area contributed by atoms with Gasteiger partial charge in [0.05, 0.1) is 16.7 Å². The van der Waals surface area contributed by atoms with Crippen LogP contribution in [0.3, 0.4) is 0 Å². The van der Waals surface area contributed by atoms with Crippen molar-refractivity contribution in [2.24, 2.45) is 22.2 Å². The molecule has 0 radical (unpaired) electrons. The molecule has 0 saturated heterocycles. The maximum Gasteiger partial charge on any atom is 0.184 e. The Hall–Kier alpha value is -2.16. The van der Waals surface area contributed by atoms with Gasteiger partial charge >= 0.3 is 0 Å². The largest absolute Gasteiger partial charge is 0.398 e. The number of hydrogen-bond donors (Lipinski definition) is 1. The zero-order valence-electron chi connectivity index (χ0n) is 16.8. The third kappa shape index (κ3) is 3.04. The molecular weight excluding hydrogens is 320 g/mol. The highest BCUT2D eigenvalue weighted by Crippen LogP contribution is 2.49. The van der Waals surface area contributed by atoms with Crippen LogP contribution >= 0.6 is 0 Å². The topological polar surface area (TPSA) is 55.5 Å². The summed E-state index contributed by atoms with van der Waals surface area (Å²) in [4.78, 5) is 18.1. The van der Waals surface area contributed by atoms with Crippen LogP contribution in [0.5, 0.6) is 0 Å². The van der Waals surface area contributed by atoms with E-state index in [1.165, 1.54) is 0 Å². The molecule has 2 N–H and O–H groups in total. The normalized spacial score (nSPS) is 21.2. The first-order valence-corrected chi connectivity index (χ1v) is 9.52. The van der Waals surface area contributed by atoms with Crippen molar-refractivity contribution in [1.82, 2.24) is 0 Å². The Morgan fingerprint density at radius 2 is 1.54 bits per heavy atom. The summed E-state index contributed by atoms with van der Waals surface area (Å²) in [5.74, 6) is 0.547. The number of allylic oxidation sites excluding steroid dienone is 4. The zero-order valence-corrected chi connectivity index (χ0v) is 16.8. The monoisotopic (exact) mass is 350 g/mol. The van der Waals surface area contributed by atoms with Crippen LogP contribution in [-0.4, -0.2) is 17.0 Å². The third-order valence-electron chi connectivity index (χ3n) is 5.39. The van der Waals surface area contributed by atoms with Gasteiger partial charge in [0.1, 0.15) is 0 Å². The molecule has 1 spiro atoms. The Labute approximate surface area is 157 Å². The molecule has 0 amide bonds. The second kappa shape index (κ2) is 6.22. The minimum atomic E-state index is -0.369. The van der Waals surface area contributed by atoms with Gasteiger partial charge < -0.3 is 5.73 Å². The molecule has 0 saturated carbocycles. The average molecular weight is 351 g/mol. The van der Waals surface area contributed by atoms with E-state index in [9.17, 15) is 4.79 Å². The van der Waals surface area contributed by atoms with Crippen molar-refractivity contribution in [3.05, 3.63) is 53.1 Å². The van der Waals surface area contributed by atoms with Gasteiger partial charge in [0, 0.05) is 11.3 Å². The summed E-state index contributed by atoms with van der Waals surface area (Å²) in [5, 5.41) is 0. The van der Waals surface area contributed by atoms with E-state index >= 15 is 0 Å². The second-order valence-corrected chi connectivity index (χ2v) is 8.92. The van der Waals surface area contributed by atoms with Crippen molar-refractivity contribution in [2.75, 3.05) is 5.73 Å². The van der Waals surface area contributed by atoms with Crippen LogP contribution in [0, 0.1) is 17.3 Å². The fourth-order valence-electron chi connectivity index (χ4n) is 4.26. The molecule has 1 aromatic carbocycles. The van der Waals surface area contributed by atoms with Crippen molar-refractivity contribution < 1.29 is 4.79 Å². The molecule has 0 unspecified atom stereocenters. The fraction of sp³-hybridized carbons (Fsp3) is 0.478. The molecule has 0 fully saturated rings. The molecule has 0 bridgehead atoms. The van der Waals surface area contributed by atoms with Crippen LogP contribution in [0.1, 0.15) is 53.5 Å². The van der Waals surface area contributed by atoms with Gasteiger partial charge in [0.25, 0.3) is 0 Å². The SMILES string of the molecule is CC(C)C1=CC2(C=C(C(C)C)C1=O)CC(C)(C)N=C2c1ccccc1N. The first-order valence-electron chi connectivity index (χ1n) is 9.52. The molecular formula is C23H30N2O. The predicted octanol–water partition coefficient (Wildman–Crippen LogP) is 4.97. The summed E-state index contributed by atoms with van der Waals surface area (Å²) in [6.07, 6.45) is 5.20. The lowest BCUT2D eigenvalue weighted by atomic mass is 9.67. The number of benzene rings is 1.